The van der Waals surface area contributed by atoms with Gasteiger partial charge in [-0.2, -0.15) is 0 Å². The number of phenols is 3. The summed E-state index contributed by atoms with van der Waals surface area (Å²) in [4.78, 5) is 15.0. The van der Waals surface area contributed by atoms with Gasteiger partial charge in [0, 0.05) is 29.9 Å². The number of hydrogen-bond donors (Lipinski definition) is 3. The first-order valence-corrected chi connectivity index (χ1v) is 12.7. The van der Waals surface area contributed by atoms with Crippen LogP contribution in [-0.2, 0) is 4.74 Å². The molecule has 1 fully saturated rings. The molecule has 3 unspecified atom stereocenters. The van der Waals surface area contributed by atoms with Crippen LogP contribution in [0.4, 0.5) is 17.1 Å². The Labute approximate surface area is 226 Å². The van der Waals surface area contributed by atoms with Crippen LogP contribution in [0.15, 0.2) is 30.3 Å². The van der Waals surface area contributed by atoms with Gasteiger partial charge >= 0.3 is 18.9 Å². The van der Waals surface area contributed by atoms with Crippen LogP contribution < -0.4 is 23.8 Å². The van der Waals surface area contributed by atoms with E-state index in [1.165, 1.54) is 31.0 Å². The van der Waals surface area contributed by atoms with Crippen LogP contribution in [0.1, 0.15) is 76.6 Å². The van der Waals surface area contributed by atoms with Gasteiger partial charge < -0.3 is 30.3 Å². The second-order valence-corrected chi connectivity index (χ2v) is 10.8. The van der Waals surface area contributed by atoms with Gasteiger partial charge in [0.05, 0.1) is 11.7 Å². The number of carbonyl (C=O) groups is 1. The standard InChI is InChI=1S/C28H38N2O5.Li/c1-17(11-12-24-28(3,4)35-24)7-5-8-18(2)13-14-30-21-15-19(31)16-23(33)26(21)29-25-20(27(30)34)9-6-10-22(25)32;/h6,9-10,15-18,24H,5,7-8,11-14H2,1-4H3,(H4,29,31,32,33,34);/q;+1/p-1. The van der Waals surface area contributed by atoms with Crippen LogP contribution in [0.5, 0.6) is 17.2 Å². The van der Waals surface area contributed by atoms with E-state index in [4.69, 9.17) is 4.74 Å². The maximum atomic E-state index is 13.4. The third-order valence-electron chi connectivity index (χ3n) is 7.38. The number of phenolic OH excluding ortho intramolecular Hbond substituents is 3. The molecule has 0 spiro atoms. The molecule has 2 aliphatic heterocycles. The zero-order chi connectivity index (χ0) is 25.3. The molecule has 4 rings (SSSR count). The van der Waals surface area contributed by atoms with Crippen molar-refractivity contribution in [2.24, 2.45) is 11.8 Å². The van der Waals surface area contributed by atoms with E-state index in [0.29, 0.717) is 30.2 Å². The summed E-state index contributed by atoms with van der Waals surface area (Å²) in [7, 11) is 0. The maximum absolute atomic E-state index is 13.4. The summed E-state index contributed by atoms with van der Waals surface area (Å²) in [6, 6.07) is 7.32. The number of para-hydroxylation sites is 1. The van der Waals surface area contributed by atoms with Gasteiger partial charge in [0.2, 0.25) is 0 Å². The monoisotopic (exact) mass is 488 g/mol. The molecule has 0 aliphatic carbocycles. The fourth-order valence-corrected chi connectivity index (χ4v) is 4.95. The quantitative estimate of drug-likeness (QED) is 0.347. The van der Waals surface area contributed by atoms with E-state index in [1.54, 1.807) is 17.0 Å². The molecular formula is C28H37LiN2O5. The zero-order valence-corrected chi connectivity index (χ0v) is 22.1. The number of aromatic hydroxyl groups is 3. The van der Waals surface area contributed by atoms with E-state index in [2.05, 4.69) is 33.0 Å². The van der Waals surface area contributed by atoms with Crippen molar-refractivity contribution in [1.82, 2.24) is 0 Å². The topological polar surface area (TPSA) is 108 Å². The normalized spacial score (nSPS) is 19.3. The van der Waals surface area contributed by atoms with E-state index < -0.39 is 0 Å². The fraction of sp³-hybridized carbons (Fsp3) is 0.536. The van der Waals surface area contributed by atoms with Crippen molar-refractivity contribution < 1.29 is 43.7 Å². The number of hydrogen-bond acceptors (Lipinski definition) is 5. The van der Waals surface area contributed by atoms with Gasteiger partial charge in [0.25, 0.3) is 5.91 Å². The Morgan fingerprint density at radius 1 is 1.00 bits per heavy atom. The molecule has 2 aliphatic rings. The average molecular weight is 489 g/mol. The van der Waals surface area contributed by atoms with E-state index in [0.717, 1.165) is 25.7 Å². The van der Waals surface area contributed by atoms with Crippen LogP contribution in [0.3, 0.4) is 0 Å². The van der Waals surface area contributed by atoms with Crippen molar-refractivity contribution in [2.45, 2.75) is 77.9 Å². The molecule has 0 bridgehead atoms. The molecule has 3 N–H and O–H groups in total. The molecule has 36 heavy (non-hydrogen) atoms. The van der Waals surface area contributed by atoms with E-state index in [9.17, 15) is 20.1 Å². The second kappa shape index (κ2) is 11.4. The SMILES string of the molecule is CC(CCCC(C)CCN1C(=O)c2cccc(O)c2[N-]c2c(O)cc(O)cc21)CCC1OC1(C)C.[Li+]. The van der Waals surface area contributed by atoms with Crippen molar-refractivity contribution in [3.05, 3.63) is 41.2 Å². The summed E-state index contributed by atoms with van der Waals surface area (Å²) >= 11 is 0. The molecule has 8 heteroatoms. The maximum Gasteiger partial charge on any atom is 1.00 e. The molecule has 0 radical (unpaired) electrons. The summed E-state index contributed by atoms with van der Waals surface area (Å²) in [6.45, 7) is 9.22. The molecule has 3 atom stereocenters. The first kappa shape index (κ1) is 28.2. The predicted molar refractivity (Wildman–Crippen MR) is 137 cm³/mol. The molecule has 7 nitrogen and oxygen atoms in total. The first-order chi connectivity index (χ1) is 16.6. The summed E-state index contributed by atoms with van der Waals surface area (Å²) < 4.78 is 5.69. The number of amides is 1. The van der Waals surface area contributed by atoms with Crippen LogP contribution >= 0.6 is 0 Å². The van der Waals surface area contributed by atoms with Crippen LogP contribution in [0.25, 0.3) is 5.32 Å². The number of carbonyl (C=O) groups excluding carboxylic acids is 1. The van der Waals surface area contributed by atoms with Gasteiger partial charge in [-0.3, -0.25) is 4.79 Å². The van der Waals surface area contributed by atoms with Crippen molar-refractivity contribution in [3.63, 3.8) is 0 Å². The molecule has 2 aromatic carbocycles. The minimum Gasteiger partial charge on any atom is -0.650 e. The number of benzene rings is 2. The molecule has 190 valence electrons. The molecule has 0 aromatic heterocycles. The largest absolute Gasteiger partial charge is 1.00 e. The van der Waals surface area contributed by atoms with Gasteiger partial charge in [-0.05, 0) is 51.0 Å². The third kappa shape index (κ3) is 6.32. The Bertz CT molecular complexity index is 1090. The molecular weight excluding hydrogens is 451 g/mol. The Balaban J connectivity index is 0.00000361. The molecule has 1 saturated heterocycles. The Morgan fingerprint density at radius 2 is 1.67 bits per heavy atom. The van der Waals surface area contributed by atoms with Crippen molar-refractivity contribution in [3.8, 4) is 17.2 Å². The summed E-state index contributed by atoms with van der Waals surface area (Å²) in [5.41, 5.74) is 0.973. The molecule has 1 amide bonds. The molecule has 0 saturated carbocycles. The van der Waals surface area contributed by atoms with Gasteiger partial charge in [-0.25, -0.2) is 0 Å². The van der Waals surface area contributed by atoms with Crippen molar-refractivity contribution in [1.29, 1.82) is 0 Å². The van der Waals surface area contributed by atoms with Gasteiger partial charge in [-0.15, -0.1) is 0 Å². The first-order valence-electron chi connectivity index (χ1n) is 12.7. The second-order valence-electron chi connectivity index (χ2n) is 10.8. The van der Waals surface area contributed by atoms with Gasteiger partial charge in [0.15, 0.2) is 0 Å². The van der Waals surface area contributed by atoms with Crippen LogP contribution in [0.2, 0.25) is 0 Å². The summed E-state index contributed by atoms with van der Waals surface area (Å²) in [6.07, 6.45) is 6.87. The van der Waals surface area contributed by atoms with E-state index in [1.807, 2.05) is 0 Å². The minimum absolute atomic E-state index is 0. The number of anilines is 1. The molecule has 2 heterocycles. The van der Waals surface area contributed by atoms with Gasteiger partial charge in [-0.1, -0.05) is 56.6 Å². The Kier molecular flexibility index (Phi) is 8.92. The van der Waals surface area contributed by atoms with E-state index >= 15 is 0 Å². The number of rotatable bonds is 10. The molecule has 2 aromatic rings. The number of nitrogens with zero attached hydrogens (tertiary/aromatic N) is 2. The van der Waals surface area contributed by atoms with E-state index in [-0.39, 0.29) is 64.6 Å². The predicted octanol–water partition coefficient (Wildman–Crippen LogP) is 3.89. The van der Waals surface area contributed by atoms with Crippen LogP contribution in [0, 0.1) is 11.8 Å². The van der Waals surface area contributed by atoms with Gasteiger partial charge in [0.1, 0.15) is 17.2 Å². The number of ether oxygens (including phenoxy) is 1. The summed E-state index contributed by atoms with van der Waals surface area (Å²) in [5, 5.41) is 35.3. The third-order valence-corrected chi connectivity index (χ3v) is 7.38. The van der Waals surface area contributed by atoms with Crippen molar-refractivity contribution >= 4 is 23.0 Å². The summed E-state index contributed by atoms with van der Waals surface area (Å²) in [5.74, 6) is 0.240. The average Bonchev–Trinajstić information content (AvgIpc) is 3.43. The number of epoxide rings is 1. The smallest absolute Gasteiger partial charge is 0.650 e. The zero-order valence-electron chi connectivity index (χ0n) is 22.1. The Hall–Kier alpha value is -2.33. The van der Waals surface area contributed by atoms with Crippen molar-refractivity contribution in [2.75, 3.05) is 11.4 Å². The fourth-order valence-electron chi connectivity index (χ4n) is 4.95. The Morgan fingerprint density at radius 3 is 2.33 bits per heavy atom. The van der Waals surface area contributed by atoms with Crippen LogP contribution in [-0.4, -0.2) is 39.5 Å². The number of fused-ring (bicyclic) bond motifs is 2. The minimum atomic E-state index is -0.311.